The largest absolute Gasteiger partial charge is 0.393 e. The van der Waals surface area contributed by atoms with Crippen molar-refractivity contribution in [2.24, 2.45) is 52.3 Å². The Morgan fingerprint density at radius 2 is 1.67 bits per heavy atom. The first-order chi connectivity index (χ1) is 14.2. The van der Waals surface area contributed by atoms with Crippen molar-refractivity contribution in [2.45, 2.75) is 97.7 Å². The maximum absolute atomic E-state index is 11.9. The Kier molecular flexibility index (Phi) is 6.18. The van der Waals surface area contributed by atoms with Crippen LogP contribution in [-0.2, 0) is 4.79 Å². The van der Waals surface area contributed by atoms with E-state index in [0.717, 1.165) is 38.5 Å². The molecule has 0 saturated heterocycles. The van der Waals surface area contributed by atoms with E-state index >= 15 is 0 Å². The molecule has 4 fully saturated rings. The van der Waals surface area contributed by atoms with E-state index in [0.29, 0.717) is 47.8 Å². The van der Waals surface area contributed by atoms with Gasteiger partial charge in [-0.25, -0.2) is 0 Å². The molecule has 0 aromatic heterocycles. The molecule has 4 heteroatoms. The molecule has 0 spiro atoms. The topological polar surface area (TPSA) is 77.8 Å². The van der Waals surface area contributed by atoms with Gasteiger partial charge in [-0.15, -0.1) is 0 Å². The highest BCUT2D eigenvalue weighted by molar-refractivity contribution is 5.79. The van der Waals surface area contributed by atoms with Gasteiger partial charge in [0.1, 0.15) is 6.61 Å². The molecule has 4 saturated carbocycles. The SMILES string of the molecule is CC[C@H]1[C@@H](O)C2C3CC[C@H]([C@H](C)CC(=O)CO)[C@@]3(C)CCC2[C@@]2(C)CC[C@@H](O)C[C@@H]12. The molecule has 0 aromatic rings. The summed E-state index contributed by atoms with van der Waals surface area (Å²) in [4.78, 5) is 11.9. The number of ketones is 1. The maximum atomic E-state index is 11.9. The minimum absolute atomic E-state index is 0.0388. The molecule has 4 nitrogen and oxygen atoms in total. The Labute approximate surface area is 182 Å². The van der Waals surface area contributed by atoms with E-state index in [1.54, 1.807) is 0 Å². The van der Waals surface area contributed by atoms with Crippen LogP contribution in [0.2, 0.25) is 0 Å². The maximum Gasteiger partial charge on any atom is 0.158 e. The van der Waals surface area contributed by atoms with Crippen molar-refractivity contribution in [3.63, 3.8) is 0 Å². The van der Waals surface area contributed by atoms with Crippen molar-refractivity contribution in [1.82, 2.24) is 0 Å². The fourth-order valence-corrected chi connectivity index (χ4v) is 9.50. The smallest absolute Gasteiger partial charge is 0.158 e. The molecule has 0 bridgehead atoms. The fourth-order valence-electron chi connectivity index (χ4n) is 9.50. The average molecular weight is 421 g/mol. The van der Waals surface area contributed by atoms with Gasteiger partial charge in [0.2, 0.25) is 0 Å². The fraction of sp³-hybridized carbons (Fsp3) is 0.962. The van der Waals surface area contributed by atoms with Gasteiger partial charge in [0.25, 0.3) is 0 Å². The Morgan fingerprint density at radius 3 is 2.33 bits per heavy atom. The van der Waals surface area contributed by atoms with E-state index in [-0.39, 0.29) is 35.4 Å². The van der Waals surface area contributed by atoms with Gasteiger partial charge in [-0.1, -0.05) is 34.1 Å². The van der Waals surface area contributed by atoms with E-state index in [4.69, 9.17) is 0 Å². The highest BCUT2D eigenvalue weighted by atomic mass is 16.3. The van der Waals surface area contributed by atoms with E-state index < -0.39 is 0 Å². The Balaban J connectivity index is 1.63. The van der Waals surface area contributed by atoms with Crippen molar-refractivity contribution in [3.8, 4) is 0 Å². The van der Waals surface area contributed by atoms with Crippen LogP contribution in [-0.4, -0.2) is 39.9 Å². The van der Waals surface area contributed by atoms with E-state index in [1.807, 2.05) is 0 Å². The third-order valence-corrected chi connectivity index (χ3v) is 10.9. The molecule has 30 heavy (non-hydrogen) atoms. The molecular weight excluding hydrogens is 376 g/mol. The second-order valence-corrected chi connectivity index (χ2v) is 12.0. The summed E-state index contributed by atoms with van der Waals surface area (Å²) in [6.07, 6.45) is 8.55. The molecule has 0 aromatic carbocycles. The molecule has 4 aliphatic carbocycles. The highest BCUT2D eigenvalue weighted by Gasteiger charge is 2.64. The zero-order chi connectivity index (χ0) is 21.8. The lowest BCUT2D eigenvalue weighted by Gasteiger charge is -2.64. The summed E-state index contributed by atoms with van der Waals surface area (Å²) < 4.78 is 0. The van der Waals surface area contributed by atoms with Crippen LogP contribution in [0.3, 0.4) is 0 Å². The van der Waals surface area contributed by atoms with Crippen LogP contribution < -0.4 is 0 Å². The van der Waals surface area contributed by atoms with Gasteiger partial charge in [0.15, 0.2) is 5.78 Å². The lowest BCUT2D eigenvalue weighted by molar-refractivity contribution is -0.203. The molecule has 172 valence electrons. The number of hydrogen-bond donors (Lipinski definition) is 3. The summed E-state index contributed by atoms with van der Waals surface area (Å²) in [5, 5.41) is 31.3. The normalized spacial score (nSPS) is 51.6. The van der Waals surface area contributed by atoms with Gasteiger partial charge in [0.05, 0.1) is 12.2 Å². The number of aliphatic hydroxyl groups is 3. The van der Waals surface area contributed by atoms with Gasteiger partial charge in [-0.3, -0.25) is 4.79 Å². The van der Waals surface area contributed by atoms with Crippen molar-refractivity contribution < 1.29 is 20.1 Å². The van der Waals surface area contributed by atoms with Crippen molar-refractivity contribution >= 4 is 5.78 Å². The van der Waals surface area contributed by atoms with Gasteiger partial charge in [-0.2, -0.15) is 0 Å². The van der Waals surface area contributed by atoms with Crippen molar-refractivity contribution in [2.75, 3.05) is 6.61 Å². The summed E-state index contributed by atoms with van der Waals surface area (Å²) in [6, 6.07) is 0. The average Bonchev–Trinajstić information content (AvgIpc) is 3.06. The summed E-state index contributed by atoms with van der Waals surface area (Å²) in [7, 11) is 0. The van der Waals surface area contributed by atoms with Crippen molar-refractivity contribution in [3.05, 3.63) is 0 Å². The third kappa shape index (κ3) is 3.31. The van der Waals surface area contributed by atoms with Gasteiger partial charge >= 0.3 is 0 Å². The second-order valence-electron chi connectivity index (χ2n) is 12.0. The number of rotatable bonds is 5. The summed E-state index contributed by atoms with van der Waals surface area (Å²) in [5.74, 6) is 2.93. The van der Waals surface area contributed by atoms with E-state index in [9.17, 15) is 20.1 Å². The molecule has 0 amide bonds. The van der Waals surface area contributed by atoms with Gasteiger partial charge in [-0.05, 0) is 97.2 Å². The Morgan fingerprint density at radius 1 is 1.00 bits per heavy atom. The van der Waals surface area contributed by atoms with Gasteiger partial charge in [0, 0.05) is 6.42 Å². The number of carbonyl (C=O) groups excluding carboxylic acids is 1. The number of fused-ring (bicyclic) bond motifs is 5. The number of aliphatic hydroxyl groups excluding tert-OH is 3. The molecule has 11 atom stereocenters. The summed E-state index contributed by atoms with van der Waals surface area (Å²) in [6.45, 7) is 9.00. The predicted molar refractivity (Wildman–Crippen MR) is 118 cm³/mol. The van der Waals surface area contributed by atoms with Crippen molar-refractivity contribution in [1.29, 1.82) is 0 Å². The molecular formula is C26H44O4. The van der Waals surface area contributed by atoms with Crippen LogP contribution in [0.15, 0.2) is 0 Å². The molecule has 4 rings (SSSR count). The van der Waals surface area contributed by atoms with E-state index in [2.05, 4.69) is 27.7 Å². The lowest BCUT2D eigenvalue weighted by atomic mass is 9.41. The number of Topliss-reactive ketones (excluding diaryl/α,β-unsaturated/α-hetero) is 1. The van der Waals surface area contributed by atoms with Crippen LogP contribution >= 0.6 is 0 Å². The number of hydrogen-bond acceptors (Lipinski definition) is 4. The molecule has 3 unspecified atom stereocenters. The first kappa shape index (κ1) is 22.7. The zero-order valence-corrected chi connectivity index (χ0v) is 19.5. The first-order valence-corrected chi connectivity index (χ1v) is 12.7. The third-order valence-electron chi connectivity index (χ3n) is 10.9. The quantitative estimate of drug-likeness (QED) is 0.623. The molecule has 3 N–H and O–H groups in total. The number of carbonyl (C=O) groups is 1. The zero-order valence-electron chi connectivity index (χ0n) is 19.5. The highest BCUT2D eigenvalue weighted by Crippen LogP contribution is 2.69. The van der Waals surface area contributed by atoms with Gasteiger partial charge < -0.3 is 15.3 Å². The van der Waals surface area contributed by atoms with Crippen LogP contribution in [0, 0.1) is 52.3 Å². The summed E-state index contributed by atoms with van der Waals surface area (Å²) in [5.41, 5.74) is 0.425. The minimum atomic E-state index is -0.343. The first-order valence-electron chi connectivity index (χ1n) is 12.7. The minimum Gasteiger partial charge on any atom is -0.393 e. The van der Waals surface area contributed by atoms with Crippen LogP contribution in [0.25, 0.3) is 0 Å². The predicted octanol–water partition coefficient (Wildman–Crippen LogP) is 4.20. The molecule has 0 heterocycles. The standard InChI is InChI=1S/C26H44O4/c1-5-18-22-13-16(28)8-10-26(22,4)21-9-11-25(3)19(15(2)12-17(29)14-27)6-7-20(25)23(21)24(18)30/h15-16,18-24,27-28,30H,5-14H2,1-4H3/t15-,16-,18-,19-,20?,21?,22+,23?,24-,25-,26-/m1/s1. The van der Waals surface area contributed by atoms with Crippen LogP contribution in [0.5, 0.6) is 0 Å². The van der Waals surface area contributed by atoms with Crippen LogP contribution in [0.1, 0.15) is 85.5 Å². The Bertz CT molecular complexity index is 649. The molecule has 0 aliphatic heterocycles. The summed E-state index contributed by atoms with van der Waals surface area (Å²) >= 11 is 0. The van der Waals surface area contributed by atoms with Crippen LogP contribution in [0.4, 0.5) is 0 Å². The van der Waals surface area contributed by atoms with E-state index in [1.165, 1.54) is 12.8 Å². The lowest BCUT2D eigenvalue weighted by Crippen LogP contribution is -2.62. The second kappa shape index (κ2) is 8.15. The molecule has 0 radical (unpaired) electrons. The Hall–Kier alpha value is -0.450. The molecule has 4 aliphatic rings. The monoisotopic (exact) mass is 420 g/mol.